The standard InChI is InChI=1S/C25H29NO3/c1-3-18(2)16-19-4-8-21(9-5-19)22-10-14-24(15-11-22)29-25(27)28-23-12-6-20(17-26)7-13-23/h4-5,8-11,14-15,18,20,23H,3,6-7,12-13,16H2,1-2H3/t18?,20-,23-. The van der Waals surface area contributed by atoms with Gasteiger partial charge in [0.15, 0.2) is 0 Å². The molecule has 3 rings (SSSR count). The molecule has 1 aliphatic carbocycles. The Bertz CT molecular complexity index is 828. The molecule has 1 atom stereocenters. The first-order valence-corrected chi connectivity index (χ1v) is 10.5. The third-order valence-electron chi connectivity index (χ3n) is 5.74. The first kappa shape index (κ1) is 20.9. The van der Waals surface area contributed by atoms with Crippen molar-refractivity contribution < 1.29 is 14.3 Å². The number of nitrogens with zero attached hydrogens (tertiary/aromatic N) is 1. The maximum atomic E-state index is 12.0. The van der Waals surface area contributed by atoms with E-state index in [1.165, 1.54) is 12.0 Å². The third-order valence-corrected chi connectivity index (χ3v) is 5.74. The quantitative estimate of drug-likeness (QED) is 0.414. The lowest BCUT2D eigenvalue weighted by atomic mass is 9.88. The Balaban J connectivity index is 1.52. The largest absolute Gasteiger partial charge is 0.514 e. The second kappa shape index (κ2) is 10.1. The van der Waals surface area contributed by atoms with Crippen molar-refractivity contribution in [1.29, 1.82) is 5.26 Å². The molecule has 0 aliphatic heterocycles. The van der Waals surface area contributed by atoms with E-state index in [2.05, 4.69) is 44.2 Å². The summed E-state index contributed by atoms with van der Waals surface area (Å²) in [4.78, 5) is 12.0. The van der Waals surface area contributed by atoms with Gasteiger partial charge in [-0.25, -0.2) is 4.79 Å². The zero-order valence-electron chi connectivity index (χ0n) is 17.3. The maximum absolute atomic E-state index is 12.0. The van der Waals surface area contributed by atoms with Gasteiger partial charge in [-0.3, -0.25) is 0 Å². The summed E-state index contributed by atoms with van der Waals surface area (Å²) in [6.45, 7) is 4.49. The minimum atomic E-state index is -0.674. The summed E-state index contributed by atoms with van der Waals surface area (Å²) in [5.74, 6) is 1.25. The number of benzene rings is 2. The van der Waals surface area contributed by atoms with Crippen LogP contribution in [-0.2, 0) is 11.2 Å². The summed E-state index contributed by atoms with van der Waals surface area (Å²) in [5, 5.41) is 8.93. The van der Waals surface area contributed by atoms with Gasteiger partial charge < -0.3 is 9.47 Å². The lowest BCUT2D eigenvalue weighted by Crippen LogP contribution is -2.25. The second-order valence-electron chi connectivity index (χ2n) is 8.01. The fourth-order valence-electron chi connectivity index (χ4n) is 3.66. The average Bonchev–Trinajstić information content (AvgIpc) is 2.75. The summed E-state index contributed by atoms with van der Waals surface area (Å²) >= 11 is 0. The zero-order chi connectivity index (χ0) is 20.6. The number of ether oxygens (including phenoxy) is 2. The Morgan fingerprint density at radius 3 is 2.17 bits per heavy atom. The van der Waals surface area contributed by atoms with Crippen molar-refractivity contribution in [3.05, 3.63) is 54.1 Å². The van der Waals surface area contributed by atoms with E-state index in [4.69, 9.17) is 14.7 Å². The van der Waals surface area contributed by atoms with Crippen LogP contribution >= 0.6 is 0 Å². The lowest BCUT2D eigenvalue weighted by Gasteiger charge is -2.24. The topological polar surface area (TPSA) is 59.3 Å². The molecule has 1 aliphatic rings. The Morgan fingerprint density at radius 2 is 1.62 bits per heavy atom. The Morgan fingerprint density at radius 1 is 1.03 bits per heavy atom. The molecular formula is C25H29NO3. The highest BCUT2D eigenvalue weighted by atomic mass is 16.7. The zero-order valence-corrected chi connectivity index (χ0v) is 17.3. The van der Waals surface area contributed by atoms with Crippen molar-refractivity contribution in [2.75, 3.05) is 0 Å². The average molecular weight is 392 g/mol. The number of nitriles is 1. The highest BCUT2D eigenvalue weighted by molar-refractivity contribution is 5.67. The van der Waals surface area contributed by atoms with Crippen LogP contribution in [-0.4, -0.2) is 12.3 Å². The molecule has 0 spiro atoms. The van der Waals surface area contributed by atoms with E-state index < -0.39 is 6.16 Å². The molecule has 0 amide bonds. The van der Waals surface area contributed by atoms with Gasteiger partial charge in [-0.05, 0) is 66.8 Å². The first-order chi connectivity index (χ1) is 14.1. The molecular weight excluding hydrogens is 362 g/mol. The van der Waals surface area contributed by atoms with Crippen LogP contribution < -0.4 is 4.74 Å². The van der Waals surface area contributed by atoms with Crippen LogP contribution in [0.1, 0.15) is 51.5 Å². The fraction of sp³-hybridized carbons (Fsp3) is 0.440. The summed E-state index contributed by atoms with van der Waals surface area (Å²) in [5.41, 5.74) is 3.58. The molecule has 0 aromatic heterocycles. The molecule has 1 saturated carbocycles. The van der Waals surface area contributed by atoms with E-state index >= 15 is 0 Å². The number of carbonyl (C=O) groups is 1. The molecule has 152 valence electrons. The molecule has 0 bridgehead atoms. The van der Waals surface area contributed by atoms with Crippen LogP contribution in [0, 0.1) is 23.2 Å². The minimum absolute atomic E-state index is 0.0857. The molecule has 2 aromatic rings. The van der Waals surface area contributed by atoms with E-state index in [-0.39, 0.29) is 12.0 Å². The normalized spacial score (nSPS) is 19.8. The van der Waals surface area contributed by atoms with Crippen molar-refractivity contribution >= 4 is 6.16 Å². The lowest BCUT2D eigenvalue weighted by molar-refractivity contribution is 0.0375. The number of hydrogen-bond donors (Lipinski definition) is 0. The van der Waals surface area contributed by atoms with Gasteiger partial charge in [0.2, 0.25) is 0 Å². The molecule has 4 heteroatoms. The van der Waals surface area contributed by atoms with E-state index in [9.17, 15) is 4.79 Å². The number of rotatable bonds is 6. The van der Waals surface area contributed by atoms with Crippen LogP contribution in [0.25, 0.3) is 11.1 Å². The smallest absolute Gasteiger partial charge is 0.431 e. The Kier molecular flexibility index (Phi) is 7.30. The van der Waals surface area contributed by atoms with Gasteiger partial charge in [-0.15, -0.1) is 0 Å². The third kappa shape index (κ3) is 6.09. The summed E-state index contributed by atoms with van der Waals surface area (Å²) in [6, 6.07) is 18.4. The van der Waals surface area contributed by atoms with E-state index in [0.29, 0.717) is 11.7 Å². The SMILES string of the molecule is CCC(C)Cc1ccc(-c2ccc(OC(=O)O[C@H]3CC[C@H](C#N)CC3)cc2)cc1. The first-order valence-electron chi connectivity index (χ1n) is 10.5. The van der Waals surface area contributed by atoms with Crippen molar-refractivity contribution in [2.24, 2.45) is 11.8 Å². The summed E-state index contributed by atoms with van der Waals surface area (Å²) in [7, 11) is 0. The summed E-state index contributed by atoms with van der Waals surface area (Å²) in [6.07, 6.45) is 4.46. The van der Waals surface area contributed by atoms with Gasteiger partial charge >= 0.3 is 6.16 Å². The van der Waals surface area contributed by atoms with Gasteiger partial charge in [0.05, 0.1) is 6.07 Å². The van der Waals surface area contributed by atoms with Crippen LogP contribution in [0.2, 0.25) is 0 Å². The molecule has 0 heterocycles. The second-order valence-corrected chi connectivity index (χ2v) is 8.01. The van der Waals surface area contributed by atoms with Crippen LogP contribution in [0.3, 0.4) is 0 Å². The minimum Gasteiger partial charge on any atom is -0.431 e. The van der Waals surface area contributed by atoms with Gasteiger partial charge in [-0.2, -0.15) is 5.26 Å². The van der Waals surface area contributed by atoms with Crippen molar-refractivity contribution in [2.45, 2.75) is 58.5 Å². The van der Waals surface area contributed by atoms with Crippen LogP contribution in [0.15, 0.2) is 48.5 Å². The van der Waals surface area contributed by atoms with E-state index in [1.54, 1.807) is 12.1 Å². The molecule has 0 N–H and O–H groups in total. The monoisotopic (exact) mass is 391 g/mol. The van der Waals surface area contributed by atoms with Crippen LogP contribution in [0.4, 0.5) is 4.79 Å². The van der Waals surface area contributed by atoms with E-state index in [1.807, 2.05) is 12.1 Å². The van der Waals surface area contributed by atoms with Gasteiger partial charge in [-0.1, -0.05) is 56.7 Å². The number of hydrogen-bond acceptors (Lipinski definition) is 4. The highest BCUT2D eigenvalue weighted by Crippen LogP contribution is 2.27. The summed E-state index contributed by atoms with van der Waals surface area (Å²) < 4.78 is 10.7. The van der Waals surface area contributed by atoms with E-state index in [0.717, 1.165) is 43.2 Å². The molecule has 1 fully saturated rings. The van der Waals surface area contributed by atoms with Gasteiger partial charge in [0.1, 0.15) is 11.9 Å². The highest BCUT2D eigenvalue weighted by Gasteiger charge is 2.24. The van der Waals surface area contributed by atoms with Crippen molar-refractivity contribution in [1.82, 2.24) is 0 Å². The fourth-order valence-corrected chi connectivity index (χ4v) is 3.66. The van der Waals surface area contributed by atoms with Crippen LogP contribution in [0.5, 0.6) is 5.75 Å². The molecule has 0 saturated heterocycles. The molecule has 0 radical (unpaired) electrons. The Labute approximate surface area is 173 Å². The predicted molar refractivity (Wildman–Crippen MR) is 114 cm³/mol. The predicted octanol–water partition coefficient (Wildman–Crippen LogP) is 6.54. The van der Waals surface area contributed by atoms with Gasteiger partial charge in [0.25, 0.3) is 0 Å². The Hall–Kier alpha value is -2.80. The van der Waals surface area contributed by atoms with Crippen molar-refractivity contribution in [3.8, 4) is 22.9 Å². The number of carbonyl (C=O) groups excluding carboxylic acids is 1. The molecule has 1 unspecified atom stereocenters. The molecule has 29 heavy (non-hydrogen) atoms. The maximum Gasteiger partial charge on any atom is 0.514 e. The van der Waals surface area contributed by atoms with Crippen molar-refractivity contribution in [3.63, 3.8) is 0 Å². The van der Waals surface area contributed by atoms with Gasteiger partial charge in [0, 0.05) is 5.92 Å². The molecule has 2 aromatic carbocycles. The molecule has 4 nitrogen and oxygen atoms in total.